The Bertz CT molecular complexity index is 867. The topological polar surface area (TPSA) is 59.0 Å². The third kappa shape index (κ3) is 4.32. The van der Waals surface area contributed by atoms with E-state index in [9.17, 15) is 13.2 Å². The number of benzene rings is 1. The fourth-order valence-corrected chi connectivity index (χ4v) is 3.81. The Morgan fingerprint density at radius 3 is 2.50 bits per heavy atom. The smallest absolute Gasteiger partial charge is 0.434 e. The second kappa shape index (κ2) is 8.26. The highest BCUT2D eigenvalue weighted by Gasteiger charge is 2.33. The van der Waals surface area contributed by atoms with Crippen molar-refractivity contribution in [1.82, 2.24) is 15.2 Å². The Kier molecular flexibility index (Phi) is 5.97. The molecule has 0 saturated carbocycles. The summed E-state index contributed by atoms with van der Waals surface area (Å²) in [6, 6.07) is 3.93. The first kappa shape index (κ1) is 20.2. The number of aliphatic imine (C=N–C) groups is 1. The van der Waals surface area contributed by atoms with Crippen LogP contribution >= 0.6 is 11.3 Å². The molecule has 0 atom stereocenters. The summed E-state index contributed by atoms with van der Waals surface area (Å²) in [5, 5.41) is 4.49. The van der Waals surface area contributed by atoms with Crippen LogP contribution in [0.5, 0.6) is 11.5 Å². The van der Waals surface area contributed by atoms with Crippen molar-refractivity contribution in [2.75, 3.05) is 27.8 Å². The molecular weight excluding hydrogens is 393 g/mol. The average Bonchev–Trinajstić information content (AvgIpc) is 3.16. The van der Waals surface area contributed by atoms with E-state index in [2.05, 4.69) is 15.3 Å². The van der Waals surface area contributed by atoms with Gasteiger partial charge in [-0.2, -0.15) is 13.2 Å². The number of halogens is 3. The molecule has 10 heteroatoms. The maximum Gasteiger partial charge on any atom is 0.434 e. The lowest BCUT2D eigenvalue weighted by Crippen LogP contribution is -2.43. The standard InChI is InChI=1S/C18H21F3N4O2S/c1-22-17(23-8-16-24-15(10-28-16)18(19,20)21)25-5-4-11-6-13(26-2)14(27-3)7-12(11)9-25/h6-7,10H,4-5,8-9H2,1-3H3,(H,22,23). The molecular formula is C18H21F3N4O2S. The predicted octanol–water partition coefficient (Wildman–Crippen LogP) is 3.31. The molecule has 2 aromatic rings. The van der Waals surface area contributed by atoms with E-state index < -0.39 is 11.9 Å². The van der Waals surface area contributed by atoms with Crippen molar-refractivity contribution in [2.45, 2.75) is 25.7 Å². The number of nitrogens with zero attached hydrogens (tertiary/aromatic N) is 3. The minimum Gasteiger partial charge on any atom is -0.493 e. The summed E-state index contributed by atoms with van der Waals surface area (Å²) < 4.78 is 48.8. The monoisotopic (exact) mass is 414 g/mol. The molecule has 1 N–H and O–H groups in total. The molecule has 1 aliphatic rings. The van der Waals surface area contributed by atoms with Gasteiger partial charge in [0.15, 0.2) is 23.2 Å². The van der Waals surface area contributed by atoms with Gasteiger partial charge in [-0.3, -0.25) is 4.99 Å². The minimum absolute atomic E-state index is 0.183. The highest BCUT2D eigenvalue weighted by molar-refractivity contribution is 7.09. The quantitative estimate of drug-likeness (QED) is 0.615. The van der Waals surface area contributed by atoms with Crippen molar-refractivity contribution in [3.8, 4) is 11.5 Å². The van der Waals surface area contributed by atoms with Gasteiger partial charge in [0, 0.05) is 25.5 Å². The van der Waals surface area contributed by atoms with E-state index >= 15 is 0 Å². The molecule has 0 amide bonds. The summed E-state index contributed by atoms with van der Waals surface area (Å²) in [5.41, 5.74) is 1.41. The number of nitrogens with one attached hydrogen (secondary N) is 1. The number of thiazole rings is 1. The van der Waals surface area contributed by atoms with Gasteiger partial charge in [-0.25, -0.2) is 4.98 Å². The lowest BCUT2D eigenvalue weighted by atomic mass is 9.99. The van der Waals surface area contributed by atoms with Crippen LogP contribution in [0.1, 0.15) is 21.8 Å². The molecule has 6 nitrogen and oxygen atoms in total. The van der Waals surface area contributed by atoms with Crippen LogP contribution in [0.4, 0.5) is 13.2 Å². The summed E-state index contributed by atoms with van der Waals surface area (Å²) in [5.74, 6) is 1.97. The summed E-state index contributed by atoms with van der Waals surface area (Å²) in [7, 11) is 4.85. The number of aromatic nitrogens is 1. The van der Waals surface area contributed by atoms with E-state index in [0.717, 1.165) is 35.2 Å². The highest BCUT2D eigenvalue weighted by atomic mass is 32.1. The van der Waals surface area contributed by atoms with Gasteiger partial charge in [-0.05, 0) is 29.7 Å². The lowest BCUT2D eigenvalue weighted by Gasteiger charge is -2.32. The van der Waals surface area contributed by atoms with Crippen LogP contribution in [-0.4, -0.2) is 43.7 Å². The SMILES string of the molecule is CN=C(NCc1nc(C(F)(F)F)cs1)N1CCc2cc(OC)c(OC)cc2C1. The summed E-state index contributed by atoms with van der Waals surface area (Å²) >= 11 is 0.976. The lowest BCUT2D eigenvalue weighted by molar-refractivity contribution is -0.140. The number of hydrogen-bond acceptors (Lipinski definition) is 5. The van der Waals surface area contributed by atoms with Gasteiger partial charge >= 0.3 is 6.18 Å². The van der Waals surface area contributed by atoms with Crippen LogP contribution in [0.15, 0.2) is 22.5 Å². The van der Waals surface area contributed by atoms with Crippen LogP contribution in [0.2, 0.25) is 0 Å². The number of hydrogen-bond donors (Lipinski definition) is 1. The van der Waals surface area contributed by atoms with E-state index in [4.69, 9.17) is 9.47 Å². The molecule has 3 rings (SSSR count). The van der Waals surface area contributed by atoms with Crippen molar-refractivity contribution < 1.29 is 22.6 Å². The average molecular weight is 414 g/mol. The van der Waals surface area contributed by atoms with E-state index in [1.807, 2.05) is 17.0 Å². The zero-order valence-electron chi connectivity index (χ0n) is 15.8. The summed E-state index contributed by atoms with van der Waals surface area (Å²) in [6.45, 7) is 1.53. The Balaban J connectivity index is 1.68. The molecule has 0 bridgehead atoms. The molecule has 0 spiro atoms. The fraction of sp³-hybridized carbons (Fsp3) is 0.444. The van der Waals surface area contributed by atoms with Crippen LogP contribution in [0.3, 0.4) is 0 Å². The van der Waals surface area contributed by atoms with Gasteiger partial charge in [0.05, 0.1) is 20.8 Å². The Morgan fingerprint density at radius 1 is 1.25 bits per heavy atom. The maximum absolute atomic E-state index is 12.7. The Labute approximate surface area is 165 Å². The maximum atomic E-state index is 12.7. The number of fused-ring (bicyclic) bond motifs is 1. The first-order valence-electron chi connectivity index (χ1n) is 8.56. The predicted molar refractivity (Wildman–Crippen MR) is 101 cm³/mol. The number of methoxy groups -OCH3 is 2. The Morgan fingerprint density at radius 2 is 1.93 bits per heavy atom. The van der Waals surface area contributed by atoms with Crippen molar-refractivity contribution in [3.05, 3.63) is 39.3 Å². The first-order valence-corrected chi connectivity index (χ1v) is 9.44. The summed E-state index contributed by atoms with van der Waals surface area (Å²) in [4.78, 5) is 9.95. The third-order valence-electron chi connectivity index (χ3n) is 4.47. The van der Waals surface area contributed by atoms with Crippen LogP contribution < -0.4 is 14.8 Å². The van der Waals surface area contributed by atoms with Crippen LogP contribution in [0.25, 0.3) is 0 Å². The molecule has 152 valence electrons. The van der Waals surface area contributed by atoms with Crippen molar-refractivity contribution in [3.63, 3.8) is 0 Å². The van der Waals surface area contributed by atoms with Crippen molar-refractivity contribution in [2.24, 2.45) is 4.99 Å². The number of alkyl halides is 3. The second-order valence-electron chi connectivity index (χ2n) is 6.17. The zero-order valence-corrected chi connectivity index (χ0v) is 16.6. The molecule has 0 aliphatic carbocycles. The van der Waals surface area contributed by atoms with Gasteiger partial charge in [-0.15, -0.1) is 11.3 Å². The van der Waals surface area contributed by atoms with Gasteiger partial charge in [0.2, 0.25) is 0 Å². The molecule has 0 fully saturated rings. The van der Waals surface area contributed by atoms with E-state index in [-0.39, 0.29) is 6.54 Å². The second-order valence-corrected chi connectivity index (χ2v) is 7.12. The van der Waals surface area contributed by atoms with Crippen molar-refractivity contribution >= 4 is 17.3 Å². The molecule has 2 heterocycles. The van der Waals surface area contributed by atoms with Crippen LogP contribution in [0, 0.1) is 0 Å². The molecule has 0 unspecified atom stereocenters. The third-order valence-corrected chi connectivity index (χ3v) is 5.32. The first-order chi connectivity index (χ1) is 13.4. The number of rotatable bonds is 4. The molecule has 1 aromatic heterocycles. The fourth-order valence-electron chi connectivity index (χ4n) is 3.07. The Hall–Kier alpha value is -2.49. The van der Waals surface area contributed by atoms with Crippen molar-refractivity contribution in [1.29, 1.82) is 0 Å². The number of ether oxygens (including phenoxy) is 2. The van der Waals surface area contributed by atoms with E-state index in [1.54, 1.807) is 21.3 Å². The normalized spacial score (nSPS) is 14.6. The van der Waals surface area contributed by atoms with E-state index in [1.165, 1.54) is 5.56 Å². The molecule has 1 aromatic carbocycles. The van der Waals surface area contributed by atoms with Gasteiger partial charge in [0.1, 0.15) is 5.01 Å². The largest absolute Gasteiger partial charge is 0.493 e. The molecule has 1 aliphatic heterocycles. The van der Waals surface area contributed by atoms with E-state index in [0.29, 0.717) is 29.0 Å². The van der Waals surface area contributed by atoms with Gasteiger partial charge in [-0.1, -0.05) is 0 Å². The molecule has 0 saturated heterocycles. The van der Waals surface area contributed by atoms with Crippen LogP contribution in [-0.2, 0) is 25.7 Å². The molecule has 0 radical (unpaired) electrons. The minimum atomic E-state index is -4.42. The van der Waals surface area contributed by atoms with Gasteiger partial charge < -0.3 is 19.7 Å². The number of guanidine groups is 1. The van der Waals surface area contributed by atoms with Gasteiger partial charge in [0.25, 0.3) is 0 Å². The zero-order chi connectivity index (χ0) is 20.3. The highest BCUT2D eigenvalue weighted by Crippen LogP contribution is 2.33. The summed E-state index contributed by atoms with van der Waals surface area (Å²) in [6.07, 6.45) is -3.63. The molecule has 28 heavy (non-hydrogen) atoms.